The molecule has 116 valence electrons. The molecule has 1 aromatic rings. The number of ether oxygens (including phenoxy) is 1. The van der Waals surface area contributed by atoms with Crippen molar-refractivity contribution in [3.05, 3.63) is 17.0 Å². The van der Waals surface area contributed by atoms with E-state index in [-0.39, 0.29) is 5.91 Å². The third-order valence-electron chi connectivity index (χ3n) is 4.74. The molecule has 6 nitrogen and oxygen atoms in total. The highest BCUT2D eigenvalue weighted by atomic mass is 16.5. The Morgan fingerprint density at radius 2 is 2.24 bits per heavy atom. The molecule has 0 unspecified atom stereocenters. The topological polar surface area (TPSA) is 58.8 Å². The predicted molar refractivity (Wildman–Crippen MR) is 77.2 cm³/mol. The standard InChI is InChI=1S/C15H23N3O3/c1-10-14(11(2)21-16-10)15(19)18-5-4-12-8-17(6-7-20-3)9-13(12)18/h12-13H,4-9H2,1-3H3/t12-,13-/m0/s1. The number of methoxy groups -OCH3 is 1. The van der Waals surface area contributed by atoms with E-state index in [1.54, 1.807) is 14.0 Å². The molecule has 2 aliphatic heterocycles. The zero-order chi connectivity index (χ0) is 15.0. The van der Waals surface area contributed by atoms with Crippen LogP contribution in [0.1, 0.15) is 28.2 Å². The van der Waals surface area contributed by atoms with E-state index in [2.05, 4.69) is 10.1 Å². The van der Waals surface area contributed by atoms with Crippen LogP contribution in [0, 0.1) is 19.8 Å². The van der Waals surface area contributed by atoms with Crippen molar-refractivity contribution in [2.24, 2.45) is 5.92 Å². The Kier molecular flexibility index (Phi) is 3.99. The van der Waals surface area contributed by atoms with Crippen LogP contribution in [0.25, 0.3) is 0 Å². The van der Waals surface area contributed by atoms with Gasteiger partial charge in [-0.05, 0) is 26.2 Å². The first kappa shape index (κ1) is 14.5. The number of amides is 1. The average Bonchev–Trinajstić information content (AvgIpc) is 3.10. The molecule has 2 atom stereocenters. The first-order chi connectivity index (χ1) is 10.1. The largest absolute Gasteiger partial charge is 0.383 e. The number of likely N-dealkylation sites (tertiary alicyclic amines) is 2. The number of fused-ring (bicyclic) bond motifs is 1. The Bertz CT molecular complexity index is 509. The van der Waals surface area contributed by atoms with Crippen molar-refractivity contribution < 1.29 is 14.1 Å². The average molecular weight is 293 g/mol. The lowest BCUT2D eigenvalue weighted by Crippen LogP contribution is -2.40. The molecule has 2 saturated heterocycles. The van der Waals surface area contributed by atoms with E-state index in [1.165, 1.54) is 0 Å². The fourth-order valence-electron chi connectivity index (χ4n) is 3.64. The molecule has 1 aromatic heterocycles. The number of aromatic nitrogens is 1. The minimum Gasteiger partial charge on any atom is -0.383 e. The lowest BCUT2D eigenvalue weighted by Gasteiger charge is -2.25. The van der Waals surface area contributed by atoms with Crippen LogP contribution < -0.4 is 0 Å². The van der Waals surface area contributed by atoms with Crippen LogP contribution in [0.5, 0.6) is 0 Å². The molecular weight excluding hydrogens is 270 g/mol. The molecular formula is C15H23N3O3. The molecule has 0 N–H and O–H groups in total. The van der Waals surface area contributed by atoms with Gasteiger partial charge in [0.2, 0.25) is 0 Å². The number of nitrogens with zero attached hydrogens (tertiary/aromatic N) is 3. The summed E-state index contributed by atoms with van der Waals surface area (Å²) in [5.41, 5.74) is 1.33. The predicted octanol–water partition coefficient (Wildman–Crippen LogP) is 1.08. The molecule has 2 fully saturated rings. The molecule has 0 radical (unpaired) electrons. The fourth-order valence-corrected chi connectivity index (χ4v) is 3.64. The maximum atomic E-state index is 12.8. The summed E-state index contributed by atoms with van der Waals surface area (Å²) in [4.78, 5) is 17.2. The van der Waals surface area contributed by atoms with Crippen LogP contribution in [-0.4, -0.2) is 66.8 Å². The summed E-state index contributed by atoms with van der Waals surface area (Å²) in [6.45, 7) is 8.18. The molecule has 1 amide bonds. The zero-order valence-corrected chi connectivity index (χ0v) is 13.0. The highest BCUT2D eigenvalue weighted by Gasteiger charge is 2.44. The molecule has 2 aliphatic rings. The lowest BCUT2D eigenvalue weighted by molar-refractivity contribution is 0.0720. The van der Waals surface area contributed by atoms with Gasteiger partial charge in [0, 0.05) is 39.3 Å². The quantitative estimate of drug-likeness (QED) is 0.831. The van der Waals surface area contributed by atoms with Gasteiger partial charge < -0.3 is 14.2 Å². The molecule has 0 spiro atoms. The first-order valence-corrected chi connectivity index (χ1v) is 7.57. The van der Waals surface area contributed by atoms with Crippen LogP contribution in [0.2, 0.25) is 0 Å². The Morgan fingerprint density at radius 1 is 1.43 bits per heavy atom. The highest BCUT2D eigenvalue weighted by Crippen LogP contribution is 2.33. The van der Waals surface area contributed by atoms with Crippen LogP contribution in [0.15, 0.2) is 4.52 Å². The van der Waals surface area contributed by atoms with Crippen LogP contribution >= 0.6 is 0 Å². The Morgan fingerprint density at radius 3 is 2.90 bits per heavy atom. The summed E-state index contributed by atoms with van der Waals surface area (Å²) in [7, 11) is 1.73. The summed E-state index contributed by atoms with van der Waals surface area (Å²) < 4.78 is 10.3. The molecule has 6 heteroatoms. The Balaban J connectivity index is 1.71. The Hall–Kier alpha value is -1.40. The summed E-state index contributed by atoms with van der Waals surface area (Å²) in [6, 6.07) is 0.322. The van der Waals surface area contributed by atoms with Gasteiger partial charge in [-0.1, -0.05) is 5.16 Å². The monoisotopic (exact) mass is 293 g/mol. The number of carbonyl (C=O) groups is 1. The minimum absolute atomic E-state index is 0.0762. The summed E-state index contributed by atoms with van der Waals surface area (Å²) in [5.74, 6) is 1.29. The second-order valence-corrected chi connectivity index (χ2v) is 6.07. The smallest absolute Gasteiger partial charge is 0.259 e. The first-order valence-electron chi connectivity index (χ1n) is 7.57. The molecule has 3 heterocycles. The van der Waals surface area contributed by atoms with Gasteiger partial charge >= 0.3 is 0 Å². The maximum Gasteiger partial charge on any atom is 0.259 e. The number of hydrogen-bond donors (Lipinski definition) is 0. The van der Waals surface area contributed by atoms with Crippen molar-refractivity contribution in [3.63, 3.8) is 0 Å². The normalized spacial score (nSPS) is 25.6. The van der Waals surface area contributed by atoms with Gasteiger partial charge in [0.05, 0.1) is 12.3 Å². The molecule has 0 aromatic carbocycles. The Labute approximate surface area is 125 Å². The lowest BCUT2D eigenvalue weighted by atomic mass is 10.0. The maximum absolute atomic E-state index is 12.8. The van der Waals surface area contributed by atoms with Crippen molar-refractivity contribution in [2.45, 2.75) is 26.3 Å². The molecule has 3 rings (SSSR count). The van der Waals surface area contributed by atoms with Crippen molar-refractivity contribution in [2.75, 3.05) is 39.9 Å². The second-order valence-electron chi connectivity index (χ2n) is 6.07. The third-order valence-corrected chi connectivity index (χ3v) is 4.74. The van der Waals surface area contributed by atoms with E-state index < -0.39 is 0 Å². The highest BCUT2D eigenvalue weighted by molar-refractivity contribution is 5.96. The van der Waals surface area contributed by atoms with Gasteiger partial charge in [0.1, 0.15) is 11.3 Å². The molecule has 0 bridgehead atoms. The van der Waals surface area contributed by atoms with Crippen LogP contribution in [0.4, 0.5) is 0 Å². The van der Waals surface area contributed by atoms with Crippen LogP contribution in [0.3, 0.4) is 0 Å². The van der Waals surface area contributed by atoms with E-state index >= 15 is 0 Å². The number of aryl methyl sites for hydroxylation is 2. The molecule has 0 aliphatic carbocycles. The van der Waals surface area contributed by atoms with Gasteiger partial charge in [-0.3, -0.25) is 9.69 Å². The number of carbonyl (C=O) groups excluding carboxylic acids is 1. The number of hydrogen-bond acceptors (Lipinski definition) is 5. The van der Waals surface area contributed by atoms with Crippen molar-refractivity contribution in [1.29, 1.82) is 0 Å². The fraction of sp³-hybridized carbons (Fsp3) is 0.733. The van der Waals surface area contributed by atoms with Crippen molar-refractivity contribution >= 4 is 5.91 Å². The SMILES string of the molecule is COCCN1C[C@@H]2CCN(C(=O)c3c(C)noc3C)[C@H]2C1. The summed E-state index contributed by atoms with van der Waals surface area (Å²) in [6.07, 6.45) is 1.09. The van der Waals surface area contributed by atoms with Crippen molar-refractivity contribution in [3.8, 4) is 0 Å². The number of rotatable bonds is 4. The van der Waals surface area contributed by atoms with E-state index in [9.17, 15) is 4.79 Å². The summed E-state index contributed by atoms with van der Waals surface area (Å²) in [5, 5.41) is 3.90. The minimum atomic E-state index is 0.0762. The van der Waals surface area contributed by atoms with Crippen LogP contribution in [-0.2, 0) is 4.74 Å². The van der Waals surface area contributed by atoms with Gasteiger partial charge in [-0.25, -0.2) is 0 Å². The van der Waals surface area contributed by atoms with Crippen molar-refractivity contribution in [1.82, 2.24) is 15.0 Å². The van der Waals surface area contributed by atoms with E-state index in [0.29, 0.717) is 29.0 Å². The van der Waals surface area contributed by atoms with E-state index in [1.807, 2.05) is 11.8 Å². The zero-order valence-electron chi connectivity index (χ0n) is 13.0. The third kappa shape index (κ3) is 2.58. The van der Waals surface area contributed by atoms with E-state index in [0.717, 1.165) is 39.2 Å². The van der Waals surface area contributed by atoms with E-state index in [4.69, 9.17) is 9.26 Å². The van der Waals surface area contributed by atoms with Gasteiger partial charge in [-0.15, -0.1) is 0 Å². The van der Waals surface area contributed by atoms with Gasteiger partial charge in [-0.2, -0.15) is 0 Å². The molecule has 21 heavy (non-hydrogen) atoms. The molecule has 0 saturated carbocycles. The summed E-state index contributed by atoms with van der Waals surface area (Å²) >= 11 is 0. The van der Waals surface area contributed by atoms with Gasteiger partial charge in [0.25, 0.3) is 5.91 Å². The van der Waals surface area contributed by atoms with Gasteiger partial charge in [0.15, 0.2) is 0 Å². The second kappa shape index (κ2) is 5.77.